The van der Waals surface area contributed by atoms with Crippen molar-refractivity contribution in [3.8, 4) is 0 Å². The Morgan fingerprint density at radius 1 is 1.23 bits per heavy atom. The summed E-state index contributed by atoms with van der Waals surface area (Å²) in [6, 6.07) is 10.7. The zero-order valence-electron chi connectivity index (χ0n) is 8.20. The first-order chi connectivity index (χ1) is 6.24. The molecule has 0 saturated heterocycles. The number of nitrogens with one attached hydrogen (secondary N) is 1. The van der Waals surface area contributed by atoms with Gasteiger partial charge in [-0.3, -0.25) is 0 Å². The van der Waals surface area contributed by atoms with Crippen molar-refractivity contribution < 1.29 is 5.11 Å². The Morgan fingerprint density at radius 3 is 2.38 bits per heavy atom. The maximum absolute atomic E-state index is 8.87. The first-order valence-electron chi connectivity index (χ1n) is 4.66. The molecule has 2 N–H and O–H groups in total. The van der Waals surface area contributed by atoms with Crippen molar-refractivity contribution in [1.82, 2.24) is 5.32 Å². The minimum Gasteiger partial charge on any atom is -0.395 e. The Kier molecular flexibility index (Phi) is 3.93. The predicted molar refractivity (Wildman–Crippen MR) is 54.5 cm³/mol. The van der Waals surface area contributed by atoms with Crippen LogP contribution in [0.1, 0.15) is 25.5 Å². The van der Waals surface area contributed by atoms with Gasteiger partial charge in [-0.2, -0.15) is 0 Å². The number of benzene rings is 1. The Labute approximate surface area is 79.6 Å². The van der Waals surface area contributed by atoms with Crippen LogP contribution in [0.3, 0.4) is 0 Å². The third-order valence-electron chi connectivity index (χ3n) is 2.11. The van der Waals surface area contributed by atoms with E-state index in [0.717, 1.165) is 0 Å². The molecular formula is C11H17NO. The monoisotopic (exact) mass is 179 g/mol. The van der Waals surface area contributed by atoms with Crippen LogP contribution in [0.5, 0.6) is 0 Å². The van der Waals surface area contributed by atoms with Gasteiger partial charge in [0, 0.05) is 12.1 Å². The van der Waals surface area contributed by atoms with Crippen LogP contribution >= 0.6 is 0 Å². The van der Waals surface area contributed by atoms with Gasteiger partial charge in [0.15, 0.2) is 0 Å². The Hall–Kier alpha value is -0.860. The molecule has 2 atom stereocenters. The van der Waals surface area contributed by atoms with Gasteiger partial charge >= 0.3 is 0 Å². The number of aliphatic hydroxyl groups is 1. The van der Waals surface area contributed by atoms with Gasteiger partial charge in [-0.1, -0.05) is 30.3 Å². The lowest BCUT2D eigenvalue weighted by Gasteiger charge is -2.18. The van der Waals surface area contributed by atoms with Crippen LogP contribution in [0.4, 0.5) is 0 Å². The molecule has 0 bridgehead atoms. The van der Waals surface area contributed by atoms with Gasteiger partial charge in [0.25, 0.3) is 0 Å². The minimum atomic E-state index is 0.148. The molecule has 2 nitrogen and oxygen atoms in total. The van der Waals surface area contributed by atoms with E-state index in [9.17, 15) is 0 Å². The topological polar surface area (TPSA) is 32.3 Å². The van der Waals surface area contributed by atoms with Gasteiger partial charge in [0.05, 0.1) is 6.61 Å². The van der Waals surface area contributed by atoms with Gasteiger partial charge in [-0.25, -0.2) is 0 Å². The molecule has 0 saturated carbocycles. The van der Waals surface area contributed by atoms with Crippen molar-refractivity contribution in [3.63, 3.8) is 0 Å². The van der Waals surface area contributed by atoms with E-state index in [-0.39, 0.29) is 12.6 Å². The molecule has 2 heteroatoms. The summed E-state index contributed by atoms with van der Waals surface area (Å²) in [4.78, 5) is 0. The number of hydrogen-bond donors (Lipinski definition) is 2. The van der Waals surface area contributed by atoms with Gasteiger partial charge in [-0.05, 0) is 19.4 Å². The quantitative estimate of drug-likeness (QED) is 0.737. The average Bonchev–Trinajstić information content (AvgIpc) is 2.19. The molecule has 0 aromatic heterocycles. The molecule has 0 radical (unpaired) electrons. The standard InChI is InChI=1S/C11H17NO/c1-9(8-13)12-10(2)11-6-4-3-5-7-11/h3-7,9-10,12-13H,8H2,1-2H3/t9-,10+/m1/s1. The molecule has 0 aliphatic carbocycles. The highest BCUT2D eigenvalue weighted by molar-refractivity contribution is 5.18. The van der Waals surface area contributed by atoms with Gasteiger partial charge in [0.2, 0.25) is 0 Å². The SMILES string of the molecule is C[C@H](CO)N[C@@H](C)c1ccccc1. The van der Waals surface area contributed by atoms with Crippen LogP contribution in [0.15, 0.2) is 30.3 Å². The zero-order chi connectivity index (χ0) is 9.68. The van der Waals surface area contributed by atoms with Crippen LogP contribution in [0, 0.1) is 0 Å². The maximum Gasteiger partial charge on any atom is 0.0582 e. The molecule has 1 rings (SSSR count). The van der Waals surface area contributed by atoms with E-state index in [4.69, 9.17) is 5.11 Å². The smallest absolute Gasteiger partial charge is 0.0582 e. The molecule has 0 heterocycles. The summed E-state index contributed by atoms with van der Waals surface area (Å²) in [6.45, 7) is 4.25. The maximum atomic E-state index is 8.87. The molecule has 0 unspecified atom stereocenters. The molecule has 0 amide bonds. The predicted octanol–water partition coefficient (Wildman–Crippen LogP) is 1.72. The van der Waals surface area contributed by atoms with Crippen LogP contribution in [0.2, 0.25) is 0 Å². The Balaban J connectivity index is 2.53. The molecular weight excluding hydrogens is 162 g/mol. The second-order valence-electron chi connectivity index (χ2n) is 3.38. The second kappa shape index (κ2) is 5.00. The lowest BCUT2D eigenvalue weighted by Crippen LogP contribution is -2.31. The van der Waals surface area contributed by atoms with Gasteiger partial charge < -0.3 is 10.4 Å². The van der Waals surface area contributed by atoms with E-state index in [1.165, 1.54) is 5.56 Å². The van der Waals surface area contributed by atoms with Crippen molar-refractivity contribution in [3.05, 3.63) is 35.9 Å². The van der Waals surface area contributed by atoms with E-state index in [2.05, 4.69) is 24.4 Å². The molecule has 0 spiro atoms. The van der Waals surface area contributed by atoms with Crippen LogP contribution < -0.4 is 5.32 Å². The first-order valence-corrected chi connectivity index (χ1v) is 4.66. The largest absolute Gasteiger partial charge is 0.395 e. The highest BCUT2D eigenvalue weighted by atomic mass is 16.3. The fourth-order valence-corrected chi connectivity index (χ4v) is 1.32. The summed E-state index contributed by atoms with van der Waals surface area (Å²) in [5.74, 6) is 0. The number of rotatable bonds is 4. The van der Waals surface area contributed by atoms with Crippen molar-refractivity contribution in [2.24, 2.45) is 0 Å². The van der Waals surface area contributed by atoms with Gasteiger partial charge in [-0.15, -0.1) is 0 Å². The highest BCUT2D eigenvalue weighted by Crippen LogP contribution is 2.11. The third-order valence-corrected chi connectivity index (χ3v) is 2.11. The highest BCUT2D eigenvalue weighted by Gasteiger charge is 2.06. The fraction of sp³-hybridized carbons (Fsp3) is 0.455. The summed E-state index contributed by atoms with van der Waals surface area (Å²) in [7, 11) is 0. The summed E-state index contributed by atoms with van der Waals surface area (Å²) < 4.78 is 0. The van der Waals surface area contributed by atoms with E-state index in [0.29, 0.717) is 6.04 Å². The van der Waals surface area contributed by atoms with Crippen molar-refractivity contribution in [2.75, 3.05) is 6.61 Å². The second-order valence-corrected chi connectivity index (χ2v) is 3.38. The van der Waals surface area contributed by atoms with Crippen LogP contribution in [-0.2, 0) is 0 Å². The fourth-order valence-electron chi connectivity index (χ4n) is 1.32. The Bertz CT molecular complexity index is 235. The lowest BCUT2D eigenvalue weighted by atomic mass is 10.1. The van der Waals surface area contributed by atoms with E-state index in [1.807, 2.05) is 25.1 Å². The molecule has 13 heavy (non-hydrogen) atoms. The van der Waals surface area contributed by atoms with Gasteiger partial charge in [0.1, 0.15) is 0 Å². The summed E-state index contributed by atoms with van der Waals surface area (Å²) in [5, 5.41) is 12.2. The van der Waals surface area contributed by atoms with Crippen molar-refractivity contribution >= 4 is 0 Å². The molecule has 0 aliphatic heterocycles. The first kappa shape index (κ1) is 10.2. The molecule has 0 aliphatic rings. The molecule has 1 aromatic carbocycles. The number of aliphatic hydroxyl groups excluding tert-OH is 1. The molecule has 1 aromatic rings. The molecule has 72 valence electrons. The average molecular weight is 179 g/mol. The van der Waals surface area contributed by atoms with E-state index >= 15 is 0 Å². The summed E-state index contributed by atoms with van der Waals surface area (Å²) in [5.41, 5.74) is 1.25. The summed E-state index contributed by atoms with van der Waals surface area (Å²) >= 11 is 0. The third kappa shape index (κ3) is 3.17. The number of hydrogen-bond acceptors (Lipinski definition) is 2. The molecule has 0 fully saturated rings. The van der Waals surface area contributed by atoms with Crippen LogP contribution in [-0.4, -0.2) is 17.8 Å². The van der Waals surface area contributed by atoms with Crippen molar-refractivity contribution in [2.45, 2.75) is 25.9 Å². The van der Waals surface area contributed by atoms with Crippen LogP contribution in [0.25, 0.3) is 0 Å². The normalized spacial score (nSPS) is 15.3. The Morgan fingerprint density at radius 2 is 1.85 bits per heavy atom. The van der Waals surface area contributed by atoms with E-state index in [1.54, 1.807) is 0 Å². The minimum absolute atomic E-state index is 0.148. The zero-order valence-corrected chi connectivity index (χ0v) is 8.20. The van der Waals surface area contributed by atoms with Crippen molar-refractivity contribution in [1.29, 1.82) is 0 Å². The van der Waals surface area contributed by atoms with E-state index < -0.39 is 0 Å². The summed E-state index contributed by atoms with van der Waals surface area (Å²) in [6.07, 6.45) is 0. The lowest BCUT2D eigenvalue weighted by molar-refractivity contribution is 0.243.